The van der Waals surface area contributed by atoms with E-state index in [4.69, 9.17) is 0 Å². The molecule has 3 rings (SSSR count). The van der Waals surface area contributed by atoms with Crippen LogP contribution in [-0.2, 0) is 6.42 Å². The molecule has 2 N–H and O–H groups in total. The van der Waals surface area contributed by atoms with Crippen LogP contribution in [0.4, 0.5) is 0 Å². The summed E-state index contributed by atoms with van der Waals surface area (Å²) < 4.78 is 1.91. The molecule has 2 heterocycles. The number of benzene rings is 1. The van der Waals surface area contributed by atoms with Gasteiger partial charge in [0.2, 0.25) is 0 Å². The third-order valence-electron chi connectivity index (χ3n) is 3.95. The van der Waals surface area contributed by atoms with Crippen LogP contribution in [0.25, 0.3) is 5.69 Å². The highest BCUT2D eigenvalue weighted by Crippen LogP contribution is 2.13. The Morgan fingerprint density at radius 2 is 1.96 bits per heavy atom. The lowest BCUT2D eigenvalue weighted by Gasteiger charge is -2.07. The van der Waals surface area contributed by atoms with Crippen LogP contribution in [0, 0.1) is 13.8 Å². The minimum absolute atomic E-state index is 0.127. The van der Waals surface area contributed by atoms with Crippen LogP contribution in [0.2, 0.25) is 0 Å². The normalized spacial score (nSPS) is 10.6. The number of aromatic amines is 1. The van der Waals surface area contributed by atoms with E-state index in [2.05, 4.69) is 15.4 Å². The Morgan fingerprint density at radius 1 is 1.20 bits per heavy atom. The number of pyridine rings is 1. The predicted molar refractivity (Wildman–Crippen MR) is 96.1 cm³/mol. The summed E-state index contributed by atoms with van der Waals surface area (Å²) in [6, 6.07) is 13.2. The molecule has 0 unspecified atom stereocenters. The van der Waals surface area contributed by atoms with Crippen LogP contribution in [0.1, 0.15) is 27.3 Å². The van der Waals surface area contributed by atoms with E-state index >= 15 is 0 Å². The zero-order valence-corrected chi connectivity index (χ0v) is 14.2. The molecule has 0 atom stereocenters. The fraction of sp³-hybridized carbons (Fsp3) is 0.211. The number of hydrogen-bond acceptors (Lipinski definition) is 3. The quantitative estimate of drug-likeness (QED) is 0.749. The zero-order chi connectivity index (χ0) is 17.8. The second-order valence-electron chi connectivity index (χ2n) is 5.92. The number of hydrogen-bond donors (Lipinski definition) is 2. The van der Waals surface area contributed by atoms with Crippen molar-refractivity contribution in [2.45, 2.75) is 20.3 Å². The summed E-state index contributed by atoms with van der Waals surface area (Å²) in [6.07, 6.45) is 2.19. The number of carbonyl (C=O) groups excluding carboxylic acids is 1. The van der Waals surface area contributed by atoms with Crippen molar-refractivity contribution in [1.29, 1.82) is 0 Å². The van der Waals surface area contributed by atoms with Gasteiger partial charge in [-0.05, 0) is 56.2 Å². The van der Waals surface area contributed by atoms with E-state index in [1.165, 1.54) is 12.3 Å². The lowest BCUT2D eigenvalue weighted by Crippen LogP contribution is -2.30. The van der Waals surface area contributed by atoms with E-state index in [9.17, 15) is 9.59 Å². The number of carbonyl (C=O) groups is 1. The number of nitrogens with one attached hydrogen (secondary N) is 2. The summed E-state index contributed by atoms with van der Waals surface area (Å²) in [6.45, 7) is 4.46. The zero-order valence-electron chi connectivity index (χ0n) is 14.2. The third kappa shape index (κ3) is 3.85. The number of aryl methyl sites for hydroxylation is 2. The average molecular weight is 336 g/mol. The van der Waals surface area contributed by atoms with Crippen LogP contribution in [-0.4, -0.2) is 27.2 Å². The minimum Gasteiger partial charge on any atom is -0.352 e. The van der Waals surface area contributed by atoms with Crippen molar-refractivity contribution in [2.75, 3.05) is 6.54 Å². The first-order chi connectivity index (χ1) is 12.0. The molecule has 0 saturated carbocycles. The van der Waals surface area contributed by atoms with Gasteiger partial charge in [-0.15, -0.1) is 0 Å². The van der Waals surface area contributed by atoms with Gasteiger partial charge in [-0.2, -0.15) is 5.10 Å². The molecule has 6 heteroatoms. The average Bonchev–Trinajstić information content (AvgIpc) is 2.94. The second kappa shape index (κ2) is 7.17. The largest absolute Gasteiger partial charge is 0.352 e. The number of amides is 1. The fourth-order valence-corrected chi connectivity index (χ4v) is 2.71. The summed E-state index contributed by atoms with van der Waals surface area (Å²) >= 11 is 0. The van der Waals surface area contributed by atoms with E-state index in [0.717, 1.165) is 22.6 Å². The molecule has 1 aromatic carbocycles. The van der Waals surface area contributed by atoms with Crippen molar-refractivity contribution in [2.24, 2.45) is 0 Å². The molecule has 128 valence electrons. The third-order valence-corrected chi connectivity index (χ3v) is 3.95. The van der Waals surface area contributed by atoms with E-state index in [-0.39, 0.29) is 17.0 Å². The van der Waals surface area contributed by atoms with Gasteiger partial charge in [-0.1, -0.05) is 12.1 Å². The van der Waals surface area contributed by atoms with Crippen molar-refractivity contribution in [3.8, 4) is 5.69 Å². The molecule has 0 spiro atoms. The van der Waals surface area contributed by atoms with Gasteiger partial charge in [-0.3, -0.25) is 9.59 Å². The highest BCUT2D eigenvalue weighted by molar-refractivity contribution is 5.93. The van der Waals surface area contributed by atoms with Crippen molar-refractivity contribution >= 4 is 5.91 Å². The van der Waals surface area contributed by atoms with Crippen molar-refractivity contribution in [3.05, 3.63) is 81.5 Å². The first-order valence-electron chi connectivity index (χ1n) is 8.13. The van der Waals surface area contributed by atoms with Crippen LogP contribution < -0.4 is 10.9 Å². The van der Waals surface area contributed by atoms with Crippen molar-refractivity contribution < 1.29 is 4.79 Å². The lowest BCUT2D eigenvalue weighted by atomic mass is 10.1. The molecule has 2 aromatic heterocycles. The maximum atomic E-state index is 12.0. The Hall–Kier alpha value is -3.15. The first-order valence-corrected chi connectivity index (χ1v) is 8.13. The highest BCUT2D eigenvalue weighted by atomic mass is 16.2. The standard InChI is InChI=1S/C19H20N4O2/c1-13-12-14(2)23(22-13)16-7-5-15(6-8-16)9-11-21-19(25)17-4-3-10-20-18(17)24/h3-8,10,12H,9,11H2,1-2H3,(H,20,24)(H,21,25). The fourth-order valence-electron chi connectivity index (χ4n) is 2.71. The van der Waals surface area contributed by atoms with E-state index in [0.29, 0.717) is 13.0 Å². The van der Waals surface area contributed by atoms with Gasteiger partial charge in [-0.25, -0.2) is 4.68 Å². The summed E-state index contributed by atoms with van der Waals surface area (Å²) in [5, 5.41) is 7.23. The summed E-state index contributed by atoms with van der Waals surface area (Å²) in [7, 11) is 0. The Bertz CT molecular complexity index is 939. The summed E-state index contributed by atoms with van der Waals surface area (Å²) in [5.41, 5.74) is 3.93. The van der Waals surface area contributed by atoms with Gasteiger partial charge in [0, 0.05) is 18.4 Å². The van der Waals surface area contributed by atoms with Gasteiger partial charge in [0.1, 0.15) is 5.56 Å². The second-order valence-corrected chi connectivity index (χ2v) is 5.92. The Morgan fingerprint density at radius 3 is 2.60 bits per heavy atom. The molecular weight excluding hydrogens is 316 g/mol. The van der Waals surface area contributed by atoms with Gasteiger partial charge < -0.3 is 10.3 Å². The number of H-pyrrole nitrogens is 1. The molecule has 0 aliphatic rings. The SMILES string of the molecule is Cc1cc(C)n(-c2ccc(CCNC(=O)c3ccc[nH]c3=O)cc2)n1. The molecular formula is C19H20N4O2. The molecule has 0 saturated heterocycles. The molecule has 25 heavy (non-hydrogen) atoms. The van der Waals surface area contributed by atoms with Crippen molar-refractivity contribution in [3.63, 3.8) is 0 Å². The van der Waals surface area contributed by atoms with E-state index in [1.54, 1.807) is 6.07 Å². The molecule has 0 radical (unpaired) electrons. The smallest absolute Gasteiger partial charge is 0.260 e. The van der Waals surface area contributed by atoms with E-state index < -0.39 is 0 Å². The topological polar surface area (TPSA) is 79.8 Å². The molecule has 6 nitrogen and oxygen atoms in total. The van der Waals surface area contributed by atoms with Crippen molar-refractivity contribution in [1.82, 2.24) is 20.1 Å². The van der Waals surface area contributed by atoms with Crippen LogP contribution in [0.3, 0.4) is 0 Å². The van der Waals surface area contributed by atoms with Crippen LogP contribution >= 0.6 is 0 Å². The maximum absolute atomic E-state index is 12.0. The number of nitrogens with zero attached hydrogens (tertiary/aromatic N) is 2. The molecule has 0 aliphatic heterocycles. The Balaban J connectivity index is 1.59. The number of rotatable bonds is 5. The summed E-state index contributed by atoms with van der Waals surface area (Å²) in [5.74, 6) is -0.360. The van der Waals surface area contributed by atoms with Crippen LogP contribution in [0.5, 0.6) is 0 Å². The van der Waals surface area contributed by atoms with E-state index in [1.807, 2.05) is 48.9 Å². The lowest BCUT2D eigenvalue weighted by molar-refractivity contribution is 0.0952. The highest BCUT2D eigenvalue weighted by Gasteiger charge is 2.09. The number of aromatic nitrogens is 3. The minimum atomic E-state index is -0.380. The molecule has 0 bridgehead atoms. The molecule has 0 aliphatic carbocycles. The predicted octanol–water partition coefficient (Wildman–Crippen LogP) is 2.15. The molecule has 3 aromatic rings. The molecule has 0 fully saturated rings. The Kier molecular flexibility index (Phi) is 4.79. The van der Waals surface area contributed by atoms with Crippen LogP contribution in [0.15, 0.2) is 53.5 Å². The van der Waals surface area contributed by atoms with Gasteiger partial charge >= 0.3 is 0 Å². The van der Waals surface area contributed by atoms with Gasteiger partial charge in [0.25, 0.3) is 11.5 Å². The molecule has 1 amide bonds. The summed E-state index contributed by atoms with van der Waals surface area (Å²) in [4.78, 5) is 26.1. The van der Waals surface area contributed by atoms with Gasteiger partial charge in [0.05, 0.1) is 11.4 Å². The van der Waals surface area contributed by atoms with Gasteiger partial charge in [0.15, 0.2) is 0 Å². The maximum Gasteiger partial charge on any atom is 0.260 e. The monoisotopic (exact) mass is 336 g/mol. The Labute approximate surface area is 145 Å². The first kappa shape index (κ1) is 16.7.